The van der Waals surface area contributed by atoms with E-state index in [-0.39, 0.29) is 0 Å². The Hall–Kier alpha value is -2.39. The number of hydrogen-bond acceptors (Lipinski definition) is 3. The Morgan fingerprint density at radius 1 is 1.09 bits per heavy atom. The van der Waals surface area contributed by atoms with E-state index in [1.54, 1.807) is 13.0 Å². The van der Waals surface area contributed by atoms with Crippen LogP contribution in [0.1, 0.15) is 37.6 Å². The molecule has 0 aromatic heterocycles. The molecule has 0 saturated carbocycles. The maximum Gasteiger partial charge on any atom is 0.165 e. The lowest BCUT2D eigenvalue weighted by molar-refractivity contribution is -0.105. The van der Waals surface area contributed by atoms with Gasteiger partial charge in [-0.25, -0.2) is 0 Å². The zero-order chi connectivity index (χ0) is 16.7. The zero-order valence-corrected chi connectivity index (χ0v) is 13.6. The van der Waals surface area contributed by atoms with E-state index in [0.717, 1.165) is 29.5 Å². The minimum atomic E-state index is -0.896. The van der Waals surface area contributed by atoms with Crippen LogP contribution in [0.2, 0.25) is 0 Å². The van der Waals surface area contributed by atoms with Gasteiger partial charge in [0.25, 0.3) is 0 Å². The second kappa shape index (κ2) is 8.30. The Labute approximate surface area is 137 Å². The maximum absolute atomic E-state index is 10.8. The largest absolute Gasteiger partial charge is 0.369 e. The van der Waals surface area contributed by atoms with Gasteiger partial charge in [0.15, 0.2) is 12.5 Å². The summed E-state index contributed by atoms with van der Waals surface area (Å²) in [4.78, 5) is 10.8. The molecule has 2 rings (SSSR count). The lowest BCUT2D eigenvalue weighted by Crippen LogP contribution is -2.20. The number of benzene rings is 2. The molecule has 1 atom stereocenters. The molecule has 2 aromatic rings. The first-order valence-electron chi connectivity index (χ1n) is 7.93. The van der Waals surface area contributed by atoms with Crippen LogP contribution in [0.4, 0.5) is 0 Å². The first-order valence-corrected chi connectivity index (χ1v) is 7.93. The normalized spacial score (nSPS) is 12.7. The number of carbonyl (C=O) groups is 1. The Bertz CT molecular complexity index is 657. The average Bonchev–Trinajstić information content (AvgIpc) is 2.60. The Balaban J connectivity index is 2.11. The van der Waals surface area contributed by atoms with Gasteiger partial charge in [-0.3, -0.25) is 4.79 Å². The topological polar surface area (TPSA) is 49.3 Å². The Kier molecular flexibility index (Phi) is 6.12. The highest BCUT2D eigenvalue weighted by Gasteiger charge is 2.08. The van der Waals surface area contributed by atoms with Gasteiger partial charge in [0.05, 0.1) is 5.70 Å². The third-order valence-electron chi connectivity index (χ3n) is 3.79. The third kappa shape index (κ3) is 4.54. The quantitative estimate of drug-likeness (QED) is 0.462. The monoisotopic (exact) mass is 309 g/mol. The van der Waals surface area contributed by atoms with Crippen molar-refractivity contribution in [3.63, 3.8) is 0 Å². The van der Waals surface area contributed by atoms with E-state index in [2.05, 4.69) is 36.5 Å². The van der Waals surface area contributed by atoms with Crippen molar-refractivity contribution in [2.24, 2.45) is 0 Å². The molecule has 0 saturated heterocycles. The lowest BCUT2D eigenvalue weighted by atomic mass is 10.0. The number of aliphatic hydroxyl groups is 1. The summed E-state index contributed by atoms with van der Waals surface area (Å²) < 4.78 is 0. The van der Waals surface area contributed by atoms with Crippen LogP contribution in [0, 0.1) is 0 Å². The number of aldehydes is 1. The maximum atomic E-state index is 10.8. The Morgan fingerprint density at radius 2 is 1.65 bits per heavy atom. The molecular formula is C20H23NO2. The van der Waals surface area contributed by atoms with E-state index in [9.17, 15) is 9.90 Å². The molecule has 0 aliphatic rings. The molecular weight excluding hydrogens is 286 g/mol. The summed E-state index contributed by atoms with van der Waals surface area (Å²) in [6, 6.07) is 16.3. The molecule has 0 heterocycles. The van der Waals surface area contributed by atoms with Crippen molar-refractivity contribution in [2.45, 2.75) is 32.9 Å². The molecule has 3 nitrogen and oxygen atoms in total. The molecule has 0 amide bonds. The molecule has 0 bridgehead atoms. The number of rotatable bonds is 7. The number of hydrogen-bond donors (Lipinski definition) is 2. The smallest absolute Gasteiger partial charge is 0.165 e. The highest BCUT2D eigenvalue weighted by atomic mass is 16.3. The Morgan fingerprint density at radius 3 is 2.13 bits per heavy atom. The van der Waals surface area contributed by atoms with Gasteiger partial charge in [-0.2, -0.15) is 0 Å². The van der Waals surface area contributed by atoms with Gasteiger partial charge in [-0.15, -0.1) is 0 Å². The first kappa shape index (κ1) is 17.0. The van der Waals surface area contributed by atoms with E-state index in [0.29, 0.717) is 12.0 Å². The molecule has 23 heavy (non-hydrogen) atoms. The number of aryl methyl sites for hydroxylation is 1. The predicted octanol–water partition coefficient (Wildman–Crippen LogP) is 3.99. The van der Waals surface area contributed by atoms with Crippen LogP contribution in [-0.4, -0.2) is 11.4 Å². The highest BCUT2D eigenvalue weighted by molar-refractivity contribution is 5.72. The van der Waals surface area contributed by atoms with Crippen LogP contribution in [0.25, 0.3) is 11.1 Å². The SMILES string of the molecule is C/C=C(\C=O)NC(O)c1ccc(-c2ccc(CCC)cc2)cc1. The first-order chi connectivity index (χ1) is 11.2. The number of aliphatic hydroxyl groups excluding tert-OH is 1. The molecule has 0 fully saturated rings. The molecule has 120 valence electrons. The second-order valence-corrected chi connectivity index (χ2v) is 5.48. The van der Waals surface area contributed by atoms with Crippen molar-refractivity contribution in [3.05, 3.63) is 71.4 Å². The van der Waals surface area contributed by atoms with Crippen LogP contribution < -0.4 is 5.32 Å². The van der Waals surface area contributed by atoms with Crippen molar-refractivity contribution in [1.82, 2.24) is 5.32 Å². The van der Waals surface area contributed by atoms with Crippen LogP contribution in [0.5, 0.6) is 0 Å². The second-order valence-electron chi connectivity index (χ2n) is 5.48. The summed E-state index contributed by atoms with van der Waals surface area (Å²) in [5.41, 5.74) is 4.69. The van der Waals surface area contributed by atoms with Crippen molar-refractivity contribution in [3.8, 4) is 11.1 Å². The summed E-state index contributed by atoms with van der Waals surface area (Å²) in [6.07, 6.45) is 3.67. The summed E-state index contributed by atoms with van der Waals surface area (Å²) in [7, 11) is 0. The van der Waals surface area contributed by atoms with E-state index in [4.69, 9.17) is 0 Å². The van der Waals surface area contributed by atoms with E-state index in [1.807, 2.05) is 24.3 Å². The third-order valence-corrected chi connectivity index (χ3v) is 3.79. The van der Waals surface area contributed by atoms with E-state index >= 15 is 0 Å². The molecule has 2 aromatic carbocycles. The molecule has 0 spiro atoms. The fourth-order valence-corrected chi connectivity index (χ4v) is 2.44. The molecule has 1 unspecified atom stereocenters. The van der Waals surface area contributed by atoms with Gasteiger partial charge >= 0.3 is 0 Å². The predicted molar refractivity (Wildman–Crippen MR) is 93.8 cm³/mol. The highest BCUT2D eigenvalue weighted by Crippen LogP contribution is 2.22. The van der Waals surface area contributed by atoms with Gasteiger partial charge in [0.2, 0.25) is 0 Å². The van der Waals surface area contributed by atoms with Crippen molar-refractivity contribution in [1.29, 1.82) is 0 Å². The van der Waals surface area contributed by atoms with E-state index < -0.39 is 6.23 Å². The van der Waals surface area contributed by atoms with Crippen molar-refractivity contribution in [2.75, 3.05) is 0 Å². The van der Waals surface area contributed by atoms with Crippen LogP contribution >= 0.6 is 0 Å². The van der Waals surface area contributed by atoms with Gasteiger partial charge in [0, 0.05) is 5.56 Å². The summed E-state index contributed by atoms with van der Waals surface area (Å²) >= 11 is 0. The summed E-state index contributed by atoms with van der Waals surface area (Å²) in [5.74, 6) is 0. The lowest BCUT2D eigenvalue weighted by Gasteiger charge is -2.14. The van der Waals surface area contributed by atoms with Gasteiger partial charge in [0.1, 0.15) is 0 Å². The molecule has 3 heteroatoms. The number of allylic oxidation sites excluding steroid dienone is 2. The minimum absolute atomic E-state index is 0.369. The summed E-state index contributed by atoms with van der Waals surface area (Å²) in [5, 5.41) is 12.9. The number of nitrogens with one attached hydrogen (secondary N) is 1. The number of carbonyl (C=O) groups excluding carboxylic acids is 1. The standard InChI is InChI=1S/C20H23NO2/c1-3-5-15-6-8-16(9-7-15)17-10-12-18(13-11-17)20(23)21-19(4-2)14-22/h4,6-14,20-21,23H,3,5H2,1-2H3/b19-4+. The summed E-state index contributed by atoms with van der Waals surface area (Å²) in [6.45, 7) is 3.92. The van der Waals surface area contributed by atoms with Gasteiger partial charge < -0.3 is 10.4 Å². The minimum Gasteiger partial charge on any atom is -0.369 e. The van der Waals surface area contributed by atoms with Crippen LogP contribution in [0.15, 0.2) is 60.3 Å². The van der Waals surface area contributed by atoms with Crippen molar-refractivity contribution < 1.29 is 9.90 Å². The van der Waals surface area contributed by atoms with Crippen LogP contribution in [-0.2, 0) is 11.2 Å². The fourth-order valence-electron chi connectivity index (χ4n) is 2.44. The molecule has 0 aliphatic carbocycles. The molecule has 2 N–H and O–H groups in total. The van der Waals surface area contributed by atoms with Crippen molar-refractivity contribution >= 4 is 6.29 Å². The fraction of sp³-hybridized carbons (Fsp3) is 0.250. The van der Waals surface area contributed by atoms with Crippen LogP contribution in [0.3, 0.4) is 0 Å². The zero-order valence-electron chi connectivity index (χ0n) is 13.6. The van der Waals surface area contributed by atoms with Gasteiger partial charge in [-0.1, -0.05) is 68.0 Å². The molecule has 0 radical (unpaired) electrons. The van der Waals surface area contributed by atoms with Gasteiger partial charge in [-0.05, 0) is 30.0 Å². The molecule has 0 aliphatic heterocycles. The average molecular weight is 309 g/mol. The van der Waals surface area contributed by atoms with E-state index in [1.165, 1.54) is 5.56 Å².